The summed E-state index contributed by atoms with van der Waals surface area (Å²) in [5.41, 5.74) is 3.68. The second-order valence-electron chi connectivity index (χ2n) is 5.86. The molecule has 0 unspecified atom stereocenters. The Kier molecular flexibility index (Phi) is 5.52. The first kappa shape index (κ1) is 18.3. The fourth-order valence-electron chi connectivity index (χ4n) is 2.80. The Hall–Kier alpha value is -2.46. The van der Waals surface area contributed by atoms with Crippen LogP contribution in [0.2, 0.25) is 0 Å². The van der Waals surface area contributed by atoms with Crippen molar-refractivity contribution in [2.45, 2.75) is 6.92 Å². The number of aryl methyl sites for hydroxylation is 1. The third-order valence-corrected chi connectivity index (χ3v) is 5.20. The van der Waals surface area contributed by atoms with E-state index in [0.717, 1.165) is 0 Å². The molecule has 0 spiro atoms. The van der Waals surface area contributed by atoms with Gasteiger partial charge in [-0.1, -0.05) is 0 Å². The lowest BCUT2D eigenvalue weighted by atomic mass is 10.1. The fraction of sp³-hybridized carbons (Fsp3) is 0.312. The zero-order valence-corrected chi connectivity index (χ0v) is 15.8. The topological polar surface area (TPSA) is 99.7 Å². The molecule has 0 bridgehead atoms. The van der Waals surface area contributed by atoms with Crippen LogP contribution in [0.15, 0.2) is 29.1 Å². The van der Waals surface area contributed by atoms with E-state index in [2.05, 4.69) is 9.71 Å². The van der Waals surface area contributed by atoms with Crippen LogP contribution < -0.4 is 4.72 Å². The monoisotopic (exact) mass is 394 g/mol. The van der Waals surface area contributed by atoms with Gasteiger partial charge < -0.3 is 9.80 Å². The third-order valence-electron chi connectivity index (χ3n) is 4.19. The zero-order chi connectivity index (χ0) is 18.7. The molecule has 1 aliphatic heterocycles. The number of hydrogen-bond acceptors (Lipinski definition) is 6. The van der Waals surface area contributed by atoms with Crippen molar-refractivity contribution < 1.29 is 18.0 Å². The van der Waals surface area contributed by atoms with Crippen molar-refractivity contribution in [2.75, 3.05) is 30.9 Å². The van der Waals surface area contributed by atoms with Gasteiger partial charge in [-0.2, -0.15) is 0 Å². The van der Waals surface area contributed by atoms with Crippen molar-refractivity contribution >= 4 is 39.7 Å². The van der Waals surface area contributed by atoms with Gasteiger partial charge >= 0.3 is 0 Å². The number of thiol groups is 1. The standard InChI is InChI=1S/C16H18N4O4S2/c1-11-8-12(2-3-13(11)18-26(23)24)15(21)19-4-6-20(7-5-19)16(22)14-9-25-10-17-14/h2-3,8-10,26H,4-7H2,1H3,(H,18,23,24). The molecule has 2 aromatic rings. The maximum absolute atomic E-state index is 12.7. The lowest BCUT2D eigenvalue weighted by molar-refractivity contribution is 0.0532. The molecule has 10 heteroatoms. The molecule has 8 nitrogen and oxygen atoms in total. The van der Waals surface area contributed by atoms with Crippen LogP contribution in [0, 0.1) is 6.92 Å². The van der Waals surface area contributed by atoms with Gasteiger partial charge in [-0.05, 0) is 30.7 Å². The number of nitrogens with one attached hydrogen (secondary N) is 1. The second-order valence-corrected chi connectivity index (χ2v) is 7.31. The Morgan fingerprint density at radius 3 is 2.31 bits per heavy atom. The fourth-order valence-corrected chi connectivity index (χ4v) is 3.77. The molecule has 138 valence electrons. The third kappa shape index (κ3) is 4.02. The normalized spacial score (nSPS) is 14.5. The predicted octanol–water partition coefficient (Wildman–Crippen LogP) is 0.988. The average molecular weight is 394 g/mol. The summed E-state index contributed by atoms with van der Waals surface area (Å²) in [5.74, 6) is -0.247. The SMILES string of the molecule is Cc1cc(C(=O)N2CCN(C(=O)c3cscn3)CC2)ccc1N[SH](=O)=O. The van der Waals surface area contributed by atoms with E-state index in [1.807, 2.05) is 0 Å². The number of benzene rings is 1. The maximum atomic E-state index is 12.7. The van der Waals surface area contributed by atoms with E-state index in [1.54, 1.807) is 45.8 Å². The van der Waals surface area contributed by atoms with Gasteiger partial charge in [0.1, 0.15) is 5.69 Å². The molecule has 0 saturated carbocycles. The Morgan fingerprint density at radius 1 is 1.12 bits per heavy atom. The first-order valence-corrected chi connectivity index (χ1v) is 10.1. The van der Waals surface area contributed by atoms with Crippen LogP contribution in [0.25, 0.3) is 0 Å². The highest BCUT2D eigenvalue weighted by Gasteiger charge is 2.26. The number of nitrogens with zero attached hydrogens (tertiary/aromatic N) is 3. The van der Waals surface area contributed by atoms with E-state index >= 15 is 0 Å². The van der Waals surface area contributed by atoms with E-state index in [1.165, 1.54) is 11.3 Å². The number of aromatic nitrogens is 1. The molecular formula is C16H18N4O4S2. The van der Waals surface area contributed by atoms with Gasteiger partial charge in [0, 0.05) is 37.1 Å². The summed E-state index contributed by atoms with van der Waals surface area (Å²) in [6.07, 6.45) is 0. The minimum atomic E-state index is -2.74. The van der Waals surface area contributed by atoms with E-state index in [4.69, 9.17) is 0 Å². The molecule has 1 fully saturated rings. The Labute approximate surface area is 156 Å². The lowest BCUT2D eigenvalue weighted by Gasteiger charge is -2.34. The Bertz CT molecular complexity index is 880. The van der Waals surface area contributed by atoms with Crippen LogP contribution in [0.1, 0.15) is 26.4 Å². The second kappa shape index (κ2) is 7.83. The maximum Gasteiger partial charge on any atom is 0.273 e. The average Bonchev–Trinajstić information content (AvgIpc) is 3.16. The number of rotatable bonds is 4. The minimum absolute atomic E-state index is 0.114. The van der Waals surface area contributed by atoms with Gasteiger partial charge in [0.05, 0.1) is 11.2 Å². The predicted molar refractivity (Wildman–Crippen MR) is 99.0 cm³/mol. The molecule has 1 aliphatic rings. The number of carbonyl (C=O) groups excluding carboxylic acids is 2. The van der Waals surface area contributed by atoms with Gasteiger partial charge in [0.25, 0.3) is 11.8 Å². The van der Waals surface area contributed by atoms with Crippen LogP contribution in [-0.2, 0) is 10.9 Å². The van der Waals surface area contributed by atoms with Gasteiger partial charge in [0.15, 0.2) is 0 Å². The van der Waals surface area contributed by atoms with Crippen LogP contribution in [0.3, 0.4) is 0 Å². The quantitative estimate of drug-likeness (QED) is 0.754. The van der Waals surface area contributed by atoms with Crippen LogP contribution in [0.5, 0.6) is 0 Å². The summed E-state index contributed by atoms with van der Waals surface area (Å²) < 4.78 is 23.9. The summed E-state index contributed by atoms with van der Waals surface area (Å²) in [6, 6.07) is 4.84. The smallest absolute Gasteiger partial charge is 0.273 e. The highest BCUT2D eigenvalue weighted by Crippen LogP contribution is 2.18. The largest absolute Gasteiger partial charge is 0.335 e. The molecule has 2 heterocycles. The molecule has 1 aromatic carbocycles. The molecule has 0 atom stereocenters. The highest BCUT2D eigenvalue weighted by atomic mass is 32.2. The van der Waals surface area contributed by atoms with Gasteiger partial charge in [-0.3, -0.25) is 14.3 Å². The van der Waals surface area contributed by atoms with Crippen molar-refractivity contribution in [2.24, 2.45) is 0 Å². The van der Waals surface area contributed by atoms with Crippen molar-refractivity contribution in [3.63, 3.8) is 0 Å². The number of thiazole rings is 1. The van der Waals surface area contributed by atoms with Crippen LogP contribution in [0.4, 0.5) is 5.69 Å². The van der Waals surface area contributed by atoms with Crippen LogP contribution in [-0.4, -0.2) is 61.2 Å². The molecule has 1 saturated heterocycles. The van der Waals surface area contributed by atoms with E-state index in [-0.39, 0.29) is 11.8 Å². The summed E-state index contributed by atoms with van der Waals surface area (Å²) in [6.45, 7) is 3.54. The van der Waals surface area contributed by atoms with Gasteiger partial charge in [-0.15, -0.1) is 11.3 Å². The Balaban J connectivity index is 1.63. The number of carbonyl (C=O) groups is 2. The Morgan fingerprint density at radius 2 is 1.77 bits per heavy atom. The summed E-state index contributed by atoms with van der Waals surface area (Å²) >= 11 is 1.37. The molecule has 0 aliphatic carbocycles. The summed E-state index contributed by atoms with van der Waals surface area (Å²) in [4.78, 5) is 32.4. The number of piperazine rings is 1. The molecule has 2 amide bonds. The van der Waals surface area contributed by atoms with Crippen molar-refractivity contribution in [1.82, 2.24) is 14.8 Å². The van der Waals surface area contributed by atoms with E-state index in [0.29, 0.717) is 48.7 Å². The van der Waals surface area contributed by atoms with E-state index < -0.39 is 10.9 Å². The van der Waals surface area contributed by atoms with Crippen molar-refractivity contribution in [3.8, 4) is 0 Å². The molecule has 26 heavy (non-hydrogen) atoms. The number of hydrogen-bond donors (Lipinski definition) is 2. The molecule has 3 rings (SSSR count). The van der Waals surface area contributed by atoms with Crippen LogP contribution >= 0.6 is 11.3 Å². The summed E-state index contributed by atoms with van der Waals surface area (Å²) in [5, 5.41) is 1.72. The highest BCUT2D eigenvalue weighted by molar-refractivity contribution is 7.73. The molecular weight excluding hydrogens is 376 g/mol. The van der Waals surface area contributed by atoms with E-state index in [9.17, 15) is 18.0 Å². The summed E-state index contributed by atoms with van der Waals surface area (Å²) in [7, 11) is -2.74. The van der Waals surface area contributed by atoms with Crippen molar-refractivity contribution in [3.05, 3.63) is 45.9 Å². The molecule has 1 N–H and O–H groups in total. The first-order chi connectivity index (χ1) is 12.5. The van der Waals surface area contributed by atoms with Gasteiger partial charge in [-0.25, -0.2) is 13.4 Å². The zero-order valence-electron chi connectivity index (χ0n) is 14.0. The van der Waals surface area contributed by atoms with Gasteiger partial charge in [0.2, 0.25) is 10.9 Å². The number of amides is 2. The molecule has 0 radical (unpaired) electrons. The number of anilines is 1. The first-order valence-electron chi connectivity index (χ1n) is 7.94. The van der Waals surface area contributed by atoms with Crippen molar-refractivity contribution in [1.29, 1.82) is 0 Å². The minimum Gasteiger partial charge on any atom is -0.335 e. The molecule has 1 aromatic heterocycles. The lowest BCUT2D eigenvalue weighted by Crippen LogP contribution is -2.50.